The highest BCUT2D eigenvalue weighted by Crippen LogP contribution is 2.27. The molecule has 5 nitrogen and oxygen atoms in total. The van der Waals surface area contributed by atoms with Crippen LogP contribution >= 0.6 is 35.3 Å². The van der Waals surface area contributed by atoms with Crippen molar-refractivity contribution in [1.82, 2.24) is 19.8 Å². The van der Waals surface area contributed by atoms with Gasteiger partial charge in [0, 0.05) is 42.3 Å². The average Bonchev–Trinajstić information content (AvgIpc) is 3.21. The molecule has 2 aromatic rings. The van der Waals surface area contributed by atoms with Crippen molar-refractivity contribution >= 4 is 41.3 Å². The summed E-state index contributed by atoms with van der Waals surface area (Å²) in [6.45, 7) is 7.33. The van der Waals surface area contributed by atoms with Crippen molar-refractivity contribution in [2.45, 2.75) is 32.9 Å². The molecule has 0 amide bonds. The molecule has 1 aliphatic rings. The summed E-state index contributed by atoms with van der Waals surface area (Å²) in [6.07, 6.45) is 7.02. The van der Waals surface area contributed by atoms with Crippen LogP contribution in [0.2, 0.25) is 0 Å². The first-order valence-electron chi connectivity index (χ1n) is 8.15. The van der Waals surface area contributed by atoms with Crippen LogP contribution in [0.25, 0.3) is 0 Å². The van der Waals surface area contributed by atoms with Crippen LogP contribution in [-0.2, 0) is 6.54 Å². The molecule has 0 bridgehead atoms. The van der Waals surface area contributed by atoms with Crippen molar-refractivity contribution in [3.8, 4) is 0 Å². The van der Waals surface area contributed by atoms with Gasteiger partial charge in [-0.2, -0.15) is 0 Å². The summed E-state index contributed by atoms with van der Waals surface area (Å²) in [5, 5.41) is 3.51. The predicted molar refractivity (Wildman–Crippen MR) is 111 cm³/mol. The van der Waals surface area contributed by atoms with Crippen LogP contribution in [-0.4, -0.2) is 40.5 Å². The minimum atomic E-state index is 0. The first kappa shape index (κ1) is 19.2. The third-order valence-electron chi connectivity index (χ3n) is 4.55. The van der Waals surface area contributed by atoms with Gasteiger partial charge < -0.3 is 14.8 Å². The third-order valence-corrected chi connectivity index (χ3v) is 5.56. The number of guanidine groups is 1. The topological polar surface area (TPSA) is 45.5 Å². The minimum absolute atomic E-state index is 0. The fraction of sp³-hybridized carbons (Fsp3) is 0.529. The second-order valence-electron chi connectivity index (χ2n) is 6.20. The molecule has 0 aliphatic carbocycles. The van der Waals surface area contributed by atoms with E-state index in [-0.39, 0.29) is 24.0 Å². The fourth-order valence-electron chi connectivity index (χ4n) is 3.17. The van der Waals surface area contributed by atoms with Gasteiger partial charge in [-0.1, -0.05) is 6.92 Å². The Morgan fingerprint density at radius 3 is 2.92 bits per heavy atom. The van der Waals surface area contributed by atoms with E-state index in [4.69, 9.17) is 0 Å². The molecule has 132 valence electrons. The number of nitrogens with zero attached hydrogens (tertiary/aromatic N) is 4. The van der Waals surface area contributed by atoms with E-state index >= 15 is 0 Å². The number of hydrogen-bond acceptors (Lipinski definition) is 3. The third kappa shape index (κ3) is 4.50. The largest absolute Gasteiger partial charge is 0.351 e. The number of aliphatic imine (C=N–C) groups is 1. The van der Waals surface area contributed by atoms with Crippen molar-refractivity contribution < 1.29 is 0 Å². The van der Waals surface area contributed by atoms with Crippen molar-refractivity contribution in [2.75, 3.05) is 20.1 Å². The first-order chi connectivity index (χ1) is 11.2. The Balaban J connectivity index is 0.00000208. The van der Waals surface area contributed by atoms with E-state index < -0.39 is 0 Å². The van der Waals surface area contributed by atoms with Gasteiger partial charge >= 0.3 is 0 Å². The minimum Gasteiger partial charge on any atom is -0.351 e. The van der Waals surface area contributed by atoms with Crippen LogP contribution in [0, 0.1) is 12.8 Å². The van der Waals surface area contributed by atoms with E-state index in [9.17, 15) is 0 Å². The standard InChI is InChI=1S/C17H25N5S.HI/c1-13-6-8-21(11-16(13)22-9-7-19-12-22)17(18-3)20-10-15-5-4-14(2)23-15;/h4-5,7,9,12-13,16H,6,8,10-11H2,1-3H3,(H,18,20);1H. The van der Waals surface area contributed by atoms with Crippen LogP contribution in [0.5, 0.6) is 0 Å². The molecule has 1 aliphatic heterocycles. The number of imidazole rings is 1. The van der Waals surface area contributed by atoms with Gasteiger partial charge in [-0.15, -0.1) is 35.3 Å². The Morgan fingerprint density at radius 2 is 2.29 bits per heavy atom. The molecule has 7 heteroatoms. The molecule has 1 fully saturated rings. The zero-order chi connectivity index (χ0) is 16.2. The Labute approximate surface area is 165 Å². The van der Waals surface area contributed by atoms with E-state index in [0.717, 1.165) is 25.6 Å². The Hall–Kier alpha value is -1.09. The summed E-state index contributed by atoms with van der Waals surface area (Å²) in [5.74, 6) is 1.64. The number of aromatic nitrogens is 2. The second-order valence-corrected chi connectivity index (χ2v) is 7.57. The smallest absolute Gasteiger partial charge is 0.194 e. The average molecular weight is 459 g/mol. The zero-order valence-corrected chi connectivity index (χ0v) is 17.6. The van der Waals surface area contributed by atoms with Crippen molar-refractivity contribution in [3.63, 3.8) is 0 Å². The summed E-state index contributed by atoms with van der Waals surface area (Å²) in [6, 6.07) is 4.81. The highest BCUT2D eigenvalue weighted by molar-refractivity contribution is 14.0. The van der Waals surface area contributed by atoms with Gasteiger partial charge in [0.1, 0.15) is 0 Å². The number of hydrogen-bond donors (Lipinski definition) is 1. The molecule has 1 N–H and O–H groups in total. The van der Waals surface area contributed by atoms with E-state index in [1.807, 2.05) is 30.9 Å². The normalized spacial score (nSPS) is 21.5. The van der Waals surface area contributed by atoms with Gasteiger partial charge in [0.25, 0.3) is 0 Å². The molecule has 2 aromatic heterocycles. The lowest BCUT2D eigenvalue weighted by Crippen LogP contribution is -2.48. The summed E-state index contributed by atoms with van der Waals surface area (Å²) >= 11 is 1.84. The zero-order valence-electron chi connectivity index (χ0n) is 14.5. The van der Waals surface area contributed by atoms with Crippen LogP contribution < -0.4 is 5.32 Å². The van der Waals surface area contributed by atoms with Gasteiger partial charge in [0.05, 0.1) is 18.9 Å². The van der Waals surface area contributed by atoms with Gasteiger partial charge in [-0.3, -0.25) is 4.99 Å². The molecule has 3 rings (SSSR count). The lowest BCUT2D eigenvalue weighted by atomic mass is 9.93. The summed E-state index contributed by atoms with van der Waals surface area (Å²) in [4.78, 5) is 13.8. The highest BCUT2D eigenvalue weighted by Gasteiger charge is 2.28. The molecule has 2 atom stereocenters. The number of halogens is 1. The Bertz CT molecular complexity index is 652. The number of nitrogens with one attached hydrogen (secondary N) is 1. The fourth-order valence-corrected chi connectivity index (χ4v) is 4.00. The highest BCUT2D eigenvalue weighted by atomic mass is 127. The Morgan fingerprint density at radius 1 is 1.46 bits per heavy atom. The van der Waals surface area contributed by atoms with E-state index in [1.165, 1.54) is 16.2 Å². The van der Waals surface area contributed by atoms with Crippen LogP contribution in [0.15, 0.2) is 35.8 Å². The van der Waals surface area contributed by atoms with E-state index in [1.54, 1.807) is 0 Å². The van der Waals surface area contributed by atoms with Crippen molar-refractivity contribution in [2.24, 2.45) is 10.9 Å². The molecule has 0 aromatic carbocycles. The summed E-state index contributed by atoms with van der Waals surface area (Å²) in [7, 11) is 1.87. The van der Waals surface area contributed by atoms with E-state index in [0.29, 0.717) is 12.0 Å². The van der Waals surface area contributed by atoms with Gasteiger partial charge in [-0.25, -0.2) is 4.98 Å². The molecular weight excluding hydrogens is 433 g/mol. The van der Waals surface area contributed by atoms with Crippen LogP contribution in [0.3, 0.4) is 0 Å². The quantitative estimate of drug-likeness (QED) is 0.434. The van der Waals surface area contributed by atoms with Crippen molar-refractivity contribution in [3.05, 3.63) is 40.6 Å². The molecule has 2 unspecified atom stereocenters. The van der Waals surface area contributed by atoms with Crippen LogP contribution in [0.1, 0.15) is 29.1 Å². The molecule has 0 spiro atoms. The molecule has 1 saturated heterocycles. The lowest BCUT2D eigenvalue weighted by molar-refractivity contribution is 0.189. The van der Waals surface area contributed by atoms with Gasteiger partial charge in [0.2, 0.25) is 0 Å². The molecular formula is C17H26IN5S. The predicted octanol–water partition coefficient (Wildman–Crippen LogP) is 3.53. The second kappa shape index (κ2) is 8.84. The SMILES string of the molecule is CN=C(NCc1ccc(C)s1)N1CCC(C)C(n2ccnc2)C1.I. The van der Waals surface area contributed by atoms with Crippen molar-refractivity contribution in [1.29, 1.82) is 0 Å². The molecule has 24 heavy (non-hydrogen) atoms. The summed E-state index contributed by atoms with van der Waals surface area (Å²) < 4.78 is 2.23. The van der Waals surface area contributed by atoms with Crippen LogP contribution in [0.4, 0.5) is 0 Å². The number of thiophene rings is 1. The maximum absolute atomic E-state index is 4.49. The monoisotopic (exact) mass is 459 g/mol. The number of rotatable bonds is 3. The lowest BCUT2D eigenvalue weighted by Gasteiger charge is -2.39. The molecule has 0 saturated carbocycles. The van der Waals surface area contributed by atoms with Gasteiger partial charge in [0.15, 0.2) is 5.96 Å². The number of likely N-dealkylation sites (tertiary alicyclic amines) is 1. The van der Waals surface area contributed by atoms with Gasteiger partial charge in [-0.05, 0) is 31.4 Å². The van der Waals surface area contributed by atoms with E-state index in [2.05, 4.69) is 56.9 Å². The maximum Gasteiger partial charge on any atom is 0.194 e. The Kier molecular flexibility index (Phi) is 7.09. The first-order valence-corrected chi connectivity index (χ1v) is 8.97. The molecule has 3 heterocycles. The summed E-state index contributed by atoms with van der Waals surface area (Å²) in [5.41, 5.74) is 0. The molecule has 0 radical (unpaired) electrons. The number of aryl methyl sites for hydroxylation is 1. The number of piperidine rings is 1. The maximum atomic E-state index is 4.49.